The van der Waals surface area contributed by atoms with Gasteiger partial charge in [0.1, 0.15) is 0 Å². The van der Waals surface area contributed by atoms with Crippen molar-refractivity contribution in [3.05, 3.63) is 0 Å². The molecule has 0 aromatic carbocycles. The van der Waals surface area contributed by atoms with Crippen LogP contribution < -0.4 is 0 Å². The highest BCUT2D eigenvalue weighted by atomic mass is 16.6. The minimum absolute atomic E-state index is 0.0874. The summed E-state index contributed by atoms with van der Waals surface area (Å²) in [7, 11) is 3.36. The molecule has 4 heteroatoms. The van der Waals surface area contributed by atoms with E-state index in [9.17, 15) is 4.79 Å². The van der Waals surface area contributed by atoms with Gasteiger partial charge in [0.25, 0.3) is 5.91 Å². The molecule has 0 heterocycles. The van der Waals surface area contributed by atoms with E-state index in [1.807, 2.05) is 0 Å². The van der Waals surface area contributed by atoms with Gasteiger partial charge in [0.05, 0.1) is 0 Å². The fourth-order valence-corrected chi connectivity index (χ4v) is 0.561. The van der Waals surface area contributed by atoms with Crippen LogP contribution in [0.5, 0.6) is 0 Å². The molecule has 0 saturated heterocycles. The number of oxime groups is 1. The van der Waals surface area contributed by atoms with Crippen LogP contribution in [0, 0.1) is 0 Å². The van der Waals surface area contributed by atoms with Crippen LogP contribution in [0.2, 0.25) is 0 Å². The lowest BCUT2D eigenvalue weighted by Gasteiger charge is -2.14. The molecule has 0 saturated carbocycles. The van der Waals surface area contributed by atoms with Crippen LogP contribution in [0.1, 0.15) is 13.8 Å². The van der Waals surface area contributed by atoms with Crippen LogP contribution in [0.3, 0.4) is 0 Å². The second-order valence-corrected chi connectivity index (χ2v) is 2.34. The molecule has 64 valence electrons. The number of carbonyl (C=O) groups excluding carboxylic acids is 1. The Hall–Kier alpha value is -1.06. The first-order valence-electron chi connectivity index (χ1n) is 3.44. The minimum atomic E-state index is -0.499. The summed E-state index contributed by atoms with van der Waals surface area (Å²) in [6.07, 6.45) is 1.00. The molecule has 1 amide bonds. The fourth-order valence-electron chi connectivity index (χ4n) is 0.561. The summed E-state index contributed by atoms with van der Waals surface area (Å²) in [5.74, 6) is -0.0874. The summed E-state index contributed by atoms with van der Waals surface area (Å²) in [6, 6.07) is 0. The molecule has 0 rings (SSSR count). The Morgan fingerprint density at radius 1 is 1.64 bits per heavy atom. The van der Waals surface area contributed by atoms with Gasteiger partial charge in [0, 0.05) is 20.3 Å². The predicted molar refractivity (Wildman–Crippen MR) is 43.4 cm³/mol. The molecule has 0 aliphatic carbocycles. The lowest BCUT2D eigenvalue weighted by molar-refractivity contribution is -0.139. The number of rotatable bonds is 3. The van der Waals surface area contributed by atoms with Gasteiger partial charge < -0.3 is 9.74 Å². The Labute approximate surface area is 66.8 Å². The van der Waals surface area contributed by atoms with Crippen molar-refractivity contribution in [3.63, 3.8) is 0 Å². The Kier molecular flexibility index (Phi) is 4.26. The number of carbonyl (C=O) groups is 1. The first-order valence-corrected chi connectivity index (χ1v) is 3.44. The normalized spacial score (nSPS) is 13.1. The van der Waals surface area contributed by atoms with E-state index in [0.29, 0.717) is 0 Å². The largest absolute Gasteiger partial charge is 0.383 e. The van der Waals surface area contributed by atoms with Crippen molar-refractivity contribution in [2.24, 2.45) is 5.16 Å². The first-order chi connectivity index (χ1) is 5.09. The van der Waals surface area contributed by atoms with Crippen molar-refractivity contribution < 1.29 is 9.63 Å². The summed E-state index contributed by atoms with van der Waals surface area (Å²) in [5.41, 5.74) is 0. The number of amides is 1. The zero-order valence-electron chi connectivity index (χ0n) is 7.37. The highest BCUT2D eigenvalue weighted by molar-refractivity contribution is 5.79. The van der Waals surface area contributed by atoms with Crippen LogP contribution in [-0.2, 0) is 9.63 Å². The molecule has 0 fully saturated rings. The van der Waals surface area contributed by atoms with Crippen LogP contribution in [0.25, 0.3) is 0 Å². The Morgan fingerprint density at radius 2 is 2.18 bits per heavy atom. The molecule has 0 aromatic rings. The molecule has 0 radical (unpaired) electrons. The van der Waals surface area contributed by atoms with Gasteiger partial charge in [0.2, 0.25) is 6.10 Å². The van der Waals surface area contributed by atoms with E-state index in [2.05, 4.69) is 5.16 Å². The van der Waals surface area contributed by atoms with E-state index >= 15 is 0 Å². The van der Waals surface area contributed by atoms with Gasteiger partial charge in [-0.25, -0.2) is 0 Å². The first kappa shape index (κ1) is 9.94. The monoisotopic (exact) mass is 158 g/mol. The van der Waals surface area contributed by atoms with E-state index < -0.39 is 6.10 Å². The molecule has 0 aromatic heterocycles. The topological polar surface area (TPSA) is 41.9 Å². The molecule has 1 unspecified atom stereocenters. The number of hydrogen-bond donors (Lipinski definition) is 0. The smallest absolute Gasteiger partial charge is 0.265 e. The van der Waals surface area contributed by atoms with Gasteiger partial charge in [-0.15, -0.1) is 0 Å². The number of hydrogen-bond acceptors (Lipinski definition) is 3. The predicted octanol–water partition coefficient (Wildman–Crippen LogP) is 0.485. The second kappa shape index (κ2) is 4.71. The van der Waals surface area contributed by atoms with Gasteiger partial charge in [-0.1, -0.05) is 5.16 Å². The lowest BCUT2D eigenvalue weighted by atomic mass is 10.4. The van der Waals surface area contributed by atoms with Gasteiger partial charge in [-0.2, -0.15) is 0 Å². The van der Waals surface area contributed by atoms with Crippen LogP contribution in [0.4, 0.5) is 0 Å². The third-order valence-electron chi connectivity index (χ3n) is 1.11. The van der Waals surface area contributed by atoms with E-state index in [0.717, 1.165) is 0 Å². The van der Waals surface area contributed by atoms with Crippen molar-refractivity contribution in [1.82, 2.24) is 4.90 Å². The summed E-state index contributed by atoms with van der Waals surface area (Å²) in [4.78, 5) is 17.3. The molecule has 1 atom stereocenters. The molecular weight excluding hydrogens is 144 g/mol. The molecule has 0 N–H and O–H groups in total. The molecule has 0 bridgehead atoms. The van der Waals surface area contributed by atoms with Crippen LogP contribution in [-0.4, -0.2) is 37.2 Å². The Bertz CT molecular complexity index is 155. The second-order valence-electron chi connectivity index (χ2n) is 2.34. The summed E-state index contributed by atoms with van der Waals surface area (Å²) >= 11 is 0. The van der Waals surface area contributed by atoms with E-state index in [-0.39, 0.29) is 5.91 Å². The van der Waals surface area contributed by atoms with Gasteiger partial charge in [0.15, 0.2) is 0 Å². The maximum atomic E-state index is 11.1. The van der Waals surface area contributed by atoms with E-state index in [4.69, 9.17) is 4.84 Å². The van der Waals surface area contributed by atoms with Gasteiger partial charge >= 0.3 is 0 Å². The zero-order chi connectivity index (χ0) is 8.85. The molecular formula is C7H14N2O2. The zero-order valence-corrected chi connectivity index (χ0v) is 7.37. The highest BCUT2D eigenvalue weighted by Gasteiger charge is 2.15. The molecule has 0 aliphatic rings. The summed E-state index contributed by atoms with van der Waals surface area (Å²) in [5, 5.41) is 3.50. The van der Waals surface area contributed by atoms with Crippen molar-refractivity contribution in [2.75, 3.05) is 14.1 Å². The van der Waals surface area contributed by atoms with E-state index in [1.54, 1.807) is 27.9 Å². The van der Waals surface area contributed by atoms with E-state index in [1.165, 1.54) is 11.1 Å². The van der Waals surface area contributed by atoms with Crippen molar-refractivity contribution in [1.29, 1.82) is 0 Å². The Morgan fingerprint density at radius 3 is 2.55 bits per heavy atom. The van der Waals surface area contributed by atoms with Gasteiger partial charge in [-0.05, 0) is 13.8 Å². The fraction of sp³-hybridized carbons (Fsp3) is 0.714. The van der Waals surface area contributed by atoms with Crippen molar-refractivity contribution >= 4 is 12.1 Å². The minimum Gasteiger partial charge on any atom is -0.383 e. The maximum absolute atomic E-state index is 11.1. The van der Waals surface area contributed by atoms with Crippen molar-refractivity contribution in [2.45, 2.75) is 20.0 Å². The number of nitrogens with zero attached hydrogens (tertiary/aromatic N) is 2. The third kappa shape index (κ3) is 3.60. The molecule has 0 aliphatic heterocycles. The van der Waals surface area contributed by atoms with Crippen molar-refractivity contribution in [3.8, 4) is 0 Å². The lowest BCUT2D eigenvalue weighted by Crippen LogP contribution is -2.32. The van der Waals surface area contributed by atoms with Crippen LogP contribution >= 0.6 is 0 Å². The van der Waals surface area contributed by atoms with Gasteiger partial charge in [-0.3, -0.25) is 4.79 Å². The molecule has 0 spiro atoms. The summed E-state index contributed by atoms with van der Waals surface area (Å²) in [6.45, 7) is 3.39. The quantitative estimate of drug-likeness (QED) is 0.443. The Balaban J connectivity index is 3.83. The maximum Gasteiger partial charge on any atom is 0.265 e. The average Bonchev–Trinajstić information content (AvgIpc) is 1.98. The highest BCUT2D eigenvalue weighted by Crippen LogP contribution is 1.94. The average molecular weight is 158 g/mol. The third-order valence-corrected chi connectivity index (χ3v) is 1.11. The number of likely N-dealkylation sites (N-methyl/N-ethyl adjacent to an activating group) is 1. The SMILES string of the molecule is C/C=N\OC(C)C(=O)N(C)C. The van der Waals surface area contributed by atoms with Crippen LogP contribution in [0.15, 0.2) is 5.16 Å². The summed E-state index contributed by atoms with van der Waals surface area (Å²) < 4.78 is 0. The molecule has 11 heavy (non-hydrogen) atoms. The molecule has 4 nitrogen and oxygen atoms in total. The standard InChI is InChI=1S/C7H14N2O2/c1-5-8-11-6(2)7(10)9(3)4/h5-6H,1-4H3/b8-5-.